The lowest BCUT2D eigenvalue weighted by molar-refractivity contribution is -0.136. The van der Waals surface area contributed by atoms with Gasteiger partial charge in [0.15, 0.2) is 0 Å². The van der Waals surface area contributed by atoms with Crippen molar-refractivity contribution in [1.82, 2.24) is 14.7 Å². The van der Waals surface area contributed by atoms with Crippen LogP contribution in [0.25, 0.3) is 0 Å². The molecule has 0 radical (unpaired) electrons. The van der Waals surface area contributed by atoms with Crippen molar-refractivity contribution in [3.63, 3.8) is 0 Å². The highest BCUT2D eigenvalue weighted by Crippen LogP contribution is 2.21. The molecule has 0 unspecified atom stereocenters. The summed E-state index contributed by atoms with van der Waals surface area (Å²) >= 11 is 0. The Balaban J connectivity index is 2.88. The average molecular weight is 278 g/mol. The molecule has 108 valence electrons. The Hall–Kier alpha value is -1.73. The molecule has 2 N–H and O–H groups in total. The fraction of sp³-hybridized carbons (Fsp3) is 0.636. The van der Waals surface area contributed by atoms with Crippen molar-refractivity contribution >= 4 is 11.6 Å². The zero-order valence-electron chi connectivity index (χ0n) is 11.1. The normalized spacial score (nSPS) is 11.7. The smallest absolute Gasteiger partial charge is 0.390 e. The molecule has 0 aliphatic carbocycles. The van der Waals surface area contributed by atoms with Crippen LogP contribution in [0.1, 0.15) is 29.5 Å². The number of halogens is 3. The minimum atomic E-state index is -4.29. The third-order valence-electron chi connectivity index (χ3n) is 2.75. The summed E-state index contributed by atoms with van der Waals surface area (Å²) in [6.45, 7) is 3.44. The Morgan fingerprint density at radius 1 is 1.47 bits per heavy atom. The van der Waals surface area contributed by atoms with Crippen LogP contribution in [0.5, 0.6) is 0 Å². The van der Waals surface area contributed by atoms with E-state index in [2.05, 4.69) is 5.10 Å². The summed E-state index contributed by atoms with van der Waals surface area (Å²) in [5, 5.41) is 4.06. The Kier molecular flexibility index (Phi) is 4.43. The summed E-state index contributed by atoms with van der Waals surface area (Å²) < 4.78 is 37.8. The number of nitrogens with zero attached hydrogens (tertiary/aromatic N) is 3. The van der Waals surface area contributed by atoms with Gasteiger partial charge in [0.2, 0.25) is 0 Å². The molecule has 5 nitrogen and oxygen atoms in total. The molecule has 0 saturated heterocycles. The van der Waals surface area contributed by atoms with E-state index in [4.69, 9.17) is 5.73 Å². The van der Waals surface area contributed by atoms with Gasteiger partial charge in [0.25, 0.3) is 5.91 Å². The van der Waals surface area contributed by atoms with Crippen molar-refractivity contribution in [2.75, 3.05) is 19.3 Å². The van der Waals surface area contributed by atoms with E-state index in [1.165, 1.54) is 11.7 Å². The zero-order valence-corrected chi connectivity index (χ0v) is 11.1. The van der Waals surface area contributed by atoms with E-state index in [-0.39, 0.29) is 11.4 Å². The first-order valence-electron chi connectivity index (χ1n) is 5.82. The fourth-order valence-corrected chi connectivity index (χ4v) is 1.63. The fourth-order valence-electron chi connectivity index (χ4n) is 1.63. The second-order valence-electron chi connectivity index (χ2n) is 4.26. The van der Waals surface area contributed by atoms with Crippen molar-refractivity contribution in [2.24, 2.45) is 0 Å². The van der Waals surface area contributed by atoms with Crippen LogP contribution in [0.3, 0.4) is 0 Å². The van der Waals surface area contributed by atoms with E-state index < -0.39 is 25.0 Å². The second kappa shape index (κ2) is 5.50. The zero-order chi connectivity index (χ0) is 14.8. The van der Waals surface area contributed by atoms with Crippen molar-refractivity contribution in [3.05, 3.63) is 11.4 Å². The van der Waals surface area contributed by atoms with E-state index in [0.29, 0.717) is 12.2 Å². The molecule has 0 atom stereocenters. The first-order valence-corrected chi connectivity index (χ1v) is 5.82. The number of aryl methyl sites for hydroxylation is 2. The standard InChI is InChI=1S/C11H17F3N4O/c1-4-18-9(8(15)7(2)16-18)10(19)17(3)6-5-11(12,13)14/h4-6,15H2,1-3H3. The number of hydrogen-bond donors (Lipinski definition) is 1. The first kappa shape index (κ1) is 15.3. The summed E-state index contributed by atoms with van der Waals surface area (Å²) in [5.41, 5.74) is 6.60. The SMILES string of the molecule is CCn1nc(C)c(N)c1C(=O)N(C)CCC(F)(F)F. The van der Waals surface area contributed by atoms with Crippen LogP contribution in [0.2, 0.25) is 0 Å². The van der Waals surface area contributed by atoms with E-state index in [9.17, 15) is 18.0 Å². The van der Waals surface area contributed by atoms with Gasteiger partial charge in [-0.05, 0) is 13.8 Å². The predicted molar refractivity (Wildman–Crippen MR) is 64.7 cm³/mol. The van der Waals surface area contributed by atoms with Gasteiger partial charge in [0.1, 0.15) is 5.69 Å². The Bertz CT molecular complexity index is 467. The Labute approximate surface area is 109 Å². The molecule has 0 saturated carbocycles. The highest BCUT2D eigenvalue weighted by atomic mass is 19.4. The van der Waals surface area contributed by atoms with Gasteiger partial charge < -0.3 is 10.6 Å². The van der Waals surface area contributed by atoms with E-state index in [0.717, 1.165) is 4.90 Å². The van der Waals surface area contributed by atoms with Crippen LogP contribution >= 0.6 is 0 Å². The maximum absolute atomic E-state index is 12.1. The van der Waals surface area contributed by atoms with E-state index in [1.807, 2.05) is 0 Å². The van der Waals surface area contributed by atoms with Crippen LogP contribution in [-0.2, 0) is 6.54 Å². The molecule has 1 aromatic rings. The molecule has 0 bridgehead atoms. The van der Waals surface area contributed by atoms with Crippen molar-refractivity contribution in [3.8, 4) is 0 Å². The molecule has 8 heteroatoms. The van der Waals surface area contributed by atoms with Gasteiger partial charge in [-0.15, -0.1) is 0 Å². The lowest BCUT2D eigenvalue weighted by atomic mass is 10.2. The van der Waals surface area contributed by atoms with Crippen molar-refractivity contribution in [2.45, 2.75) is 33.0 Å². The van der Waals surface area contributed by atoms with Gasteiger partial charge in [0.05, 0.1) is 17.8 Å². The third kappa shape index (κ3) is 3.62. The van der Waals surface area contributed by atoms with E-state index >= 15 is 0 Å². The number of anilines is 1. The van der Waals surface area contributed by atoms with Crippen LogP contribution in [0.15, 0.2) is 0 Å². The van der Waals surface area contributed by atoms with Gasteiger partial charge >= 0.3 is 6.18 Å². The molecule has 0 fully saturated rings. The van der Waals surface area contributed by atoms with Gasteiger partial charge in [0, 0.05) is 20.1 Å². The molecule has 19 heavy (non-hydrogen) atoms. The number of nitrogen functional groups attached to an aromatic ring is 1. The monoisotopic (exact) mass is 278 g/mol. The largest absolute Gasteiger partial charge is 0.395 e. The van der Waals surface area contributed by atoms with Crippen LogP contribution in [-0.4, -0.2) is 40.4 Å². The van der Waals surface area contributed by atoms with E-state index in [1.54, 1.807) is 13.8 Å². The number of aromatic nitrogens is 2. The molecule has 0 aliphatic rings. The minimum Gasteiger partial charge on any atom is -0.395 e. The molecule has 1 aromatic heterocycles. The van der Waals surface area contributed by atoms with Gasteiger partial charge in [-0.2, -0.15) is 18.3 Å². The number of rotatable bonds is 4. The molecular formula is C11H17F3N4O. The maximum atomic E-state index is 12.1. The first-order chi connectivity index (χ1) is 8.67. The molecular weight excluding hydrogens is 261 g/mol. The number of carbonyl (C=O) groups excluding carboxylic acids is 1. The number of nitrogens with two attached hydrogens (primary N) is 1. The molecule has 1 rings (SSSR count). The summed E-state index contributed by atoms with van der Waals surface area (Å²) in [4.78, 5) is 13.1. The maximum Gasteiger partial charge on any atom is 0.390 e. The Morgan fingerprint density at radius 2 is 2.05 bits per heavy atom. The van der Waals surface area contributed by atoms with Crippen molar-refractivity contribution in [1.29, 1.82) is 0 Å². The minimum absolute atomic E-state index is 0.143. The number of carbonyl (C=O) groups is 1. The van der Waals surface area contributed by atoms with Crippen molar-refractivity contribution < 1.29 is 18.0 Å². The molecule has 1 amide bonds. The van der Waals surface area contributed by atoms with Crippen LogP contribution in [0.4, 0.5) is 18.9 Å². The Morgan fingerprint density at radius 3 is 2.53 bits per heavy atom. The summed E-state index contributed by atoms with van der Waals surface area (Å²) in [5.74, 6) is -0.552. The molecule has 0 aromatic carbocycles. The van der Waals surface area contributed by atoms with Crippen LogP contribution < -0.4 is 5.73 Å². The topological polar surface area (TPSA) is 64.2 Å². The number of alkyl halides is 3. The molecule has 0 aliphatic heterocycles. The number of amides is 1. The average Bonchev–Trinajstić information content (AvgIpc) is 2.60. The third-order valence-corrected chi connectivity index (χ3v) is 2.75. The summed E-state index contributed by atoms with van der Waals surface area (Å²) in [7, 11) is 1.32. The predicted octanol–water partition coefficient (Wildman–Crippen LogP) is 1.82. The summed E-state index contributed by atoms with van der Waals surface area (Å²) in [6.07, 6.45) is -5.34. The van der Waals surface area contributed by atoms with Gasteiger partial charge in [-0.1, -0.05) is 0 Å². The molecule has 1 heterocycles. The lowest BCUT2D eigenvalue weighted by Crippen LogP contribution is -2.32. The summed E-state index contributed by atoms with van der Waals surface area (Å²) in [6, 6.07) is 0. The van der Waals surface area contributed by atoms with Gasteiger partial charge in [-0.3, -0.25) is 9.48 Å². The molecule has 0 spiro atoms. The number of hydrogen-bond acceptors (Lipinski definition) is 3. The van der Waals surface area contributed by atoms with Gasteiger partial charge in [-0.25, -0.2) is 0 Å². The highest BCUT2D eigenvalue weighted by molar-refractivity contribution is 5.97. The van der Waals surface area contributed by atoms with Crippen LogP contribution in [0, 0.1) is 6.92 Å². The lowest BCUT2D eigenvalue weighted by Gasteiger charge is -2.18. The highest BCUT2D eigenvalue weighted by Gasteiger charge is 2.29. The second-order valence-corrected chi connectivity index (χ2v) is 4.26. The quantitative estimate of drug-likeness (QED) is 0.913.